The fourth-order valence-electron chi connectivity index (χ4n) is 2.81. The average molecular weight is 301 g/mol. The first kappa shape index (κ1) is 14.0. The summed E-state index contributed by atoms with van der Waals surface area (Å²) in [7, 11) is 0. The summed E-state index contributed by atoms with van der Waals surface area (Å²) >= 11 is 5.94. The maximum atomic E-state index is 12.3. The van der Waals surface area contributed by atoms with Gasteiger partial charge in [0, 0.05) is 16.8 Å². The van der Waals surface area contributed by atoms with Crippen LogP contribution in [-0.2, 0) is 12.8 Å². The monoisotopic (exact) mass is 300 g/mol. The van der Waals surface area contributed by atoms with Crippen molar-refractivity contribution in [1.29, 1.82) is 0 Å². The van der Waals surface area contributed by atoms with Crippen LogP contribution in [0.15, 0.2) is 42.5 Å². The highest BCUT2D eigenvalue weighted by Gasteiger charge is 2.21. The van der Waals surface area contributed by atoms with Gasteiger partial charge in [-0.15, -0.1) is 0 Å². The topological polar surface area (TPSA) is 55.1 Å². The molecule has 0 bridgehead atoms. The van der Waals surface area contributed by atoms with E-state index in [9.17, 15) is 4.79 Å². The lowest BCUT2D eigenvalue weighted by Gasteiger charge is -2.25. The molecule has 1 atom stereocenters. The van der Waals surface area contributed by atoms with Gasteiger partial charge in [0.15, 0.2) is 0 Å². The summed E-state index contributed by atoms with van der Waals surface area (Å²) in [5.74, 6) is -0.153. The summed E-state index contributed by atoms with van der Waals surface area (Å²) < 4.78 is 0. The number of amides is 1. The van der Waals surface area contributed by atoms with Crippen LogP contribution in [0.2, 0.25) is 5.02 Å². The standard InChI is InChI=1S/C17H17ClN2O/c18-13-6-8-16(19)15(10-13)17(21)20-14-7-5-11-3-1-2-4-12(11)9-14/h1-4,6,8,10,14H,5,7,9,19H2,(H,20,21). The lowest BCUT2D eigenvalue weighted by Crippen LogP contribution is -2.39. The fourth-order valence-corrected chi connectivity index (χ4v) is 2.98. The van der Waals surface area contributed by atoms with Crippen LogP contribution in [0.4, 0.5) is 5.69 Å². The minimum atomic E-state index is -0.153. The molecule has 1 amide bonds. The molecular formula is C17H17ClN2O. The lowest BCUT2D eigenvalue weighted by atomic mass is 9.88. The Kier molecular flexibility index (Phi) is 3.84. The number of hydrogen-bond donors (Lipinski definition) is 2. The summed E-state index contributed by atoms with van der Waals surface area (Å²) in [6.07, 6.45) is 2.80. The van der Waals surface area contributed by atoms with Crippen LogP contribution >= 0.6 is 11.6 Å². The molecule has 1 unspecified atom stereocenters. The van der Waals surface area contributed by atoms with E-state index in [2.05, 4.69) is 23.5 Å². The highest BCUT2D eigenvalue weighted by atomic mass is 35.5. The van der Waals surface area contributed by atoms with E-state index >= 15 is 0 Å². The van der Waals surface area contributed by atoms with E-state index in [1.54, 1.807) is 18.2 Å². The molecule has 0 saturated carbocycles. The minimum absolute atomic E-state index is 0.144. The Labute approximate surface area is 129 Å². The summed E-state index contributed by atoms with van der Waals surface area (Å²) in [4.78, 5) is 12.3. The fraction of sp³-hybridized carbons (Fsp3) is 0.235. The van der Waals surface area contributed by atoms with Crippen LogP contribution < -0.4 is 11.1 Å². The van der Waals surface area contributed by atoms with E-state index in [0.29, 0.717) is 16.3 Å². The highest BCUT2D eigenvalue weighted by molar-refractivity contribution is 6.31. The van der Waals surface area contributed by atoms with Crippen molar-refractivity contribution < 1.29 is 4.79 Å². The zero-order chi connectivity index (χ0) is 14.8. The van der Waals surface area contributed by atoms with Crippen molar-refractivity contribution in [3.05, 3.63) is 64.2 Å². The van der Waals surface area contributed by atoms with Crippen molar-refractivity contribution in [3.8, 4) is 0 Å². The number of anilines is 1. The molecule has 108 valence electrons. The molecule has 1 aliphatic carbocycles. The molecule has 21 heavy (non-hydrogen) atoms. The Morgan fingerprint density at radius 1 is 1.19 bits per heavy atom. The molecule has 0 radical (unpaired) electrons. The molecule has 4 heteroatoms. The number of hydrogen-bond acceptors (Lipinski definition) is 2. The van der Waals surface area contributed by atoms with Crippen molar-refractivity contribution in [3.63, 3.8) is 0 Å². The van der Waals surface area contributed by atoms with Crippen molar-refractivity contribution >= 4 is 23.2 Å². The number of rotatable bonds is 2. The van der Waals surface area contributed by atoms with E-state index < -0.39 is 0 Å². The molecule has 3 nitrogen and oxygen atoms in total. The molecule has 3 N–H and O–H groups in total. The summed E-state index contributed by atoms with van der Waals surface area (Å²) in [6, 6.07) is 13.5. The van der Waals surface area contributed by atoms with E-state index in [0.717, 1.165) is 19.3 Å². The second kappa shape index (κ2) is 5.78. The van der Waals surface area contributed by atoms with Gasteiger partial charge < -0.3 is 11.1 Å². The van der Waals surface area contributed by atoms with Crippen LogP contribution in [0.1, 0.15) is 27.9 Å². The first-order valence-corrected chi connectivity index (χ1v) is 7.44. The quantitative estimate of drug-likeness (QED) is 0.837. The molecule has 0 saturated heterocycles. The predicted molar refractivity (Wildman–Crippen MR) is 85.6 cm³/mol. The Bertz CT molecular complexity index is 684. The maximum Gasteiger partial charge on any atom is 0.253 e. The zero-order valence-corrected chi connectivity index (χ0v) is 12.4. The SMILES string of the molecule is Nc1ccc(Cl)cc1C(=O)NC1CCc2ccccc2C1. The Morgan fingerprint density at radius 2 is 1.95 bits per heavy atom. The summed E-state index contributed by atoms with van der Waals surface area (Å²) in [6.45, 7) is 0. The van der Waals surface area contributed by atoms with E-state index in [4.69, 9.17) is 17.3 Å². The number of carbonyl (C=O) groups excluding carboxylic acids is 1. The minimum Gasteiger partial charge on any atom is -0.398 e. The first-order valence-electron chi connectivity index (χ1n) is 7.06. The van der Waals surface area contributed by atoms with Crippen LogP contribution in [0, 0.1) is 0 Å². The number of nitrogens with one attached hydrogen (secondary N) is 1. The molecule has 0 fully saturated rings. The smallest absolute Gasteiger partial charge is 0.253 e. The maximum absolute atomic E-state index is 12.3. The van der Waals surface area contributed by atoms with Crippen LogP contribution in [0.5, 0.6) is 0 Å². The van der Waals surface area contributed by atoms with Gasteiger partial charge in [-0.25, -0.2) is 0 Å². The molecule has 2 aromatic rings. The third-order valence-electron chi connectivity index (χ3n) is 3.94. The van der Waals surface area contributed by atoms with E-state index in [-0.39, 0.29) is 11.9 Å². The number of benzene rings is 2. The molecule has 3 rings (SSSR count). The number of nitrogen functional groups attached to an aromatic ring is 1. The van der Waals surface area contributed by atoms with Crippen molar-refractivity contribution in [2.45, 2.75) is 25.3 Å². The first-order chi connectivity index (χ1) is 10.1. The Balaban J connectivity index is 1.73. The van der Waals surface area contributed by atoms with Gasteiger partial charge in [0.05, 0.1) is 5.56 Å². The molecule has 1 aliphatic rings. The van der Waals surface area contributed by atoms with Crippen molar-refractivity contribution in [2.75, 3.05) is 5.73 Å². The third-order valence-corrected chi connectivity index (χ3v) is 4.18. The number of aryl methyl sites for hydroxylation is 1. The number of halogens is 1. The molecule has 0 heterocycles. The van der Waals surface area contributed by atoms with Gasteiger partial charge in [-0.2, -0.15) is 0 Å². The van der Waals surface area contributed by atoms with Crippen LogP contribution in [0.3, 0.4) is 0 Å². The van der Waals surface area contributed by atoms with Crippen LogP contribution in [0.25, 0.3) is 0 Å². The molecule has 0 aromatic heterocycles. The van der Waals surface area contributed by atoms with Crippen molar-refractivity contribution in [1.82, 2.24) is 5.32 Å². The van der Waals surface area contributed by atoms with E-state index in [1.165, 1.54) is 11.1 Å². The van der Waals surface area contributed by atoms with Gasteiger partial charge in [-0.1, -0.05) is 35.9 Å². The highest BCUT2D eigenvalue weighted by Crippen LogP contribution is 2.22. The molecule has 0 spiro atoms. The van der Waals surface area contributed by atoms with Gasteiger partial charge in [-0.05, 0) is 48.6 Å². The average Bonchev–Trinajstić information content (AvgIpc) is 2.49. The van der Waals surface area contributed by atoms with E-state index in [1.807, 2.05) is 6.07 Å². The zero-order valence-electron chi connectivity index (χ0n) is 11.6. The summed E-state index contributed by atoms with van der Waals surface area (Å²) in [5, 5.41) is 3.58. The normalized spacial score (nSPS) is 17.1. The third kappa shape index (κ3) is 3.03. The Hall–Kier alpha value is -2.00. The van der Waals surface area contributed by atoms with Gasteiger partial charge in [0.2, 0.25) is 0 Å². The molecular weight excluding hydrogens is 284 g/mol. The molecule has 2 aromatic carbocycles. The van der Waals surface area contributed by atoms with Gasteiger partial charge >= 0.3 is 0 Å². The second-order valence-electron chi connectivity index (χ2n) is 5.41. The number of carbonyl (C=O) groups is 1. The Morgan fingerprint density at radius 3 is 2.76 bits per heavy atom. The molecule has 0 aliphatic heterocycles. The second-order valence-corrected chi connectivity index (χ2v) is 5.85. The van der Waals surface area contributed by atoms with Gasteiger partial charge in [0.1, 0.15) is 0 Å². The number of fused-ring (bicyclic) bond motifs is 1. The van der Waals surface area contributed by atoms with Gasteiger partial charge in [-0.3, -0.25) is 4.79 Å². The number of nitrogens with two attached hydrogens (primary N) is 1. The van der Waals surface area contributed by atoms with Crippen molar-refractivity contribution in [2.24, 2.45) is 0 Å². The lowest BCUT2D eigenvalue weighted by molar-refractivity contribution is 0.0934. The summed E-state index contributed by atoms with van der Waals surface area (Å²) in [5.41, 5.74) is 9.44. The van der Waals surface area contributed by atoms with Crippen LogP contribution in [-0.4, -0.2) is 11.9 Å². The largest absolute Gasteiger partial charge is 0.398 e. The predicted octanol–water partition coefficient (Wildman–Crippen LogP) is 3.21. The van der Waals surface area contributed by atoms with Gasteiger partial charge in [0.25, 0.3) is 5.91 Å².